The van der Waals surface area contributed by atoms with Crippen LogP contribution >= 0.6 is 0 Å². The monoisotopic (exact) mass is 596 g/mol. The molecule has 0 radical (unpaired) electrons. The normalized spacial score (nSPS) is 11.8. The lowest BCUT2D eigenvalue weighted by Gasteiger charge is -2.19. The Kier molecular flexibility index (Phi) is 5.64. The summed E-state index contributed by atoms with van der Waals surface area (Å²) < 4.78 is 6.34. The summed E-state index contributed by atoms with van der Waals surface area (Å²) in [6.45, 7) is 0. The Labute approximate surface area is 271 Å². The molecule has 0 N–H and O–H groups in total. The van der Waals surface area contributed by atoms with Crippen molar-refractivity contribution in [3.63, 3.8) is 0 Å². The molecule has 0 bridgehead atoms. The number of fused-ring (bicyclic) bond motifs is 7. The van der Waals surface area contributed by atoms with Crippen LogP contribution in [0.15, 0.2) is 174 Å². The van der Waals surface area contributed by atoms with E-state index in [2.05, 4.69) is 170 Å². The molecule has 0 amide bonds. The van der Waals surface area contributed by atoms with Gasteiger partial charge in [0, 0.05) is 10.8 Å². The highest BCUT2D eigenvalue weighted by atomic mass is 16.3. The number of hydrogen-bond donors (Lipinski definition) is 0. The van der Waals surface area contributed by atoms with Crippen LogP contribution in [0.3, 0.4) is 0 Å². The van der Waals surface area contributed by atoms with Gasteiger partial charge in [-0.1, -0.05) is 146 Å². The van der Waals surface area contributed by atoms with Crippen molar-refractivity contribution < 1.29 is 4.42 Å². The van der Waals surface area contributed by atoms with E-state index in [1.165, 1.54) is 76.5 Å². The fraction of sp³-hybridized carbons (Fsp3) is 0. The molecule has 10 aromatic rings. The second kappa shape index (κ2) is 10.2. The molecule has 1 heteroatoms. The molecule has 0 aliphatic rings. The van der Waals surface area contributed by atoms with Crippen LogP contribution in [0.2, 0.25) is 0 Å². The Balaban J connectivity index is 1.23. The summed E-state index contributed by atoms with van der Waals surface area (Å²) in [5.74, 6) is 0. The summed E-state index contributed by atoms with van der Waals surface area (Å²) in [6, 6.07) is 61.6. The van der Waals surface area contributed by atoms with Crippen LogP contribution in [0, 0.1) is 0 Å². The van der Waals surface area contributed by atoms with E-state index in [-0.39, 0.29) is 0 Å². The second-order valence-corrected chi connectivity index (χ2v) is 12.4. The summed E-state index contributed by atoms with van der Waals surface area (Å²) >= 11 is 0. The molecule has 0 atom stereocenters. The van der Waals surface area contributed by atoms with E-state index in [0.717, 1.165) is 21.9 Å². The predicted molar refractivity (Wildman–Crippen MR) is 200 cm³/mol. The summed E-state index contributed by atoms with van der Waals surface area (Å²) in [7, 11) is 0. The molecular formula is C46H28O. The molecule has 0 saturated carbocycles. The van der Waals surface area contributed by atoms with Gasteiger partial charge in [-0.05, 0) is 101 Å². The molecule has 1 heterocycles. The first-order chi connectivity index (χ1) is 23.3. The van der Waals surface area contributed by atoms with Gasteiger partial charge in [0.1, 0.15) is 11.2 Å². The topological polar surface area (TPSA) is 13.1 Å². The Morgan fingerprint density at radius 2 is 0.809 bits per heavy atom. The van der Waals surface area contributed by atoms with E-state index in [1.54, 1.807) is 0 Å². The quantitative estimate of drug-likeness (QED) is 0.185. The Morgan fingerprint density at radius 1 is 0.277 bits per heavy atom. The molecule has 10 rings (SSSR count). The third-order valence-corrected chi connectivity index (χ3v) is 9.83. The van der Waals surface area contributed by atoms with Crippen molar-refractivity contribution in [3.05, 3.63) is 170 Å². The summed E-state index contributed by atoms with van der Waals surface area (Å²) in [5.41, 5.74) is 9.29. The minimum absolute atomic E-state index is 0.913. The van der Waals surface area contributed by atoms with Gasteiger partial charge in [-0.15, -0.1) is 0 Å². The van der Waals surface area contributed by atoms with Gasteiger partial charge in [-0.3, -0.25) is 0 Å². The van der Waals surface area contributed by atoms with Crippen molar-refractivity contribution in [3.8, 4) is 33.4 Å². The van der Waals surface area contributed by atoms with Crippen molar-refractivity contribution in [2.24, 2.45) is 0 Å². The zero-order valence-electron chi connectivity index (χ0n) is 25.6. The van der Waals surface area contributed by atoms with Crippen LogP contribution in [-0.2, 0) is 0 Å². The van der Waals surface area contributed by atoms with E-state index in [4.69, 9.17) is 4.42 Å². The van der Waals surface area contributed by atoms with Gasteiger partial charge in [0.2, 0.25) is 0 Å². The van der Waals surface area contributed by atoms with Gasteiger partial charge in [0.05, 0.1) is 0 Å². The van der Waals surface area contributed by atoms with Crippen molar-refractivity contribution in [2.75, 3.05) is 0 Å². The maximum Gasteiger partial charge on any atom is 0.136 e. The maximum atomic E-state index is 6.34. The minimum Gasteiger partial charge on any atom is -0.456 e. The zero-order chi connectivity index (χ0) is 30.9. The third kappa shape index (κ3) is 3.97. The van der Waals surface area contributed by atoms with E-state index < -0.39 is 0 Å². The van der Waals surface area contributed by atoms with Crippen LogP contribution in [0.4, 0.5) is 0 Å². The standard InChI is InChI=1S/C46H28O/c1-2-12-29(13-3-1)45-37-16-6-8-18-39(37)46(40-19-9-7-17-38(40)45)36-23-11-21-34-33(20-10-22-35(34)36)32-24-25-43-41(27-32)42-26-30-14-4-5-15-31(30)28-44(42)47-43/h1-28H. The van der Waals surface area contributed by atoms with Gasteiger partial charge in [-0.2, -0.15) is 0 Å². The minimum atomic E-state index is 0.913. The third-order valence-electron chi connectivity index (χ3n) is 9.83. The van der Waals surface area contributed by atoms with Crippen LogP contribution in [0.5, 0.6) is 0 Å². The van der Waals surface area contributed by atoms with Crippen molar-refractivity contribution in [2.45, 2.75) is 0 Å². The van der Waals surface area contributed by atoms with Crippen LogP contribution < -0.4 is 0 Å². The summed E-state index contributed by atoms with van der Waals surface area (Å²) in [4.78, 5) is 0. The molecule has 0 spiro atoms. The van der Waals surface area contributed by atoms with Gasteiger partial charge in [0.15, 0.2) is 0 Å². The van der Waals surface area contributed by atoms with E-state index in [9.17, 15) is 0 Å². The molecule has 1 nitrogen and oxygen atoms in total. The SMILES string of the molecule is c1ccc(-c2c3ccccc3c(-c3cccc4c(-c5ccc6oc7cc8ccccc8cc7c6c5)cccc34)c3ccccc23)cc1. The lowest BCUT2D eigenvalue weighted by Crippen LogP contribution is -1.92. The van der Waals surface area contributed by atoms with Gasteiger partial charge >= 0.3 is 0 Å². The Hall–Kier alpha value is -6.18. The smallest absolute Gasteiger partial charge is 0.136 e. The van der Waals surface area contributed by atoms with Crippen molar-refractivity contribution >= 4 is 65.0 Å². The number of rotatable bonds is 3. The van der Waals surface area contributed by atoms with Gasteiger partial charge in [0.25, 0.3) is 0 Å². The second-order valence-electron chi connectivity index (χ2n) is 12.4. The van der Waals surface area contributed by atoms with E-state index in [0.29, 0.717) is 0 Å². The molecule has 9 aromatic carbocycles. The first kappa shape index (κ1) is 26.1. The lowest BCUT2D eigenvalue weighted by molar-refractivity contribution is 0.669. The maximum absolute atomic E-state index is 6.34. The molecule has 47 heavy (non-hydrogen) atoms. The first-order valence-electron chi connectivity index (χ1n) is 16.2. The molecule has 0 saturated heterocycles. The average Bonchev–Trinajstić information content (AvgIpc) is 3.49. The highest BCUT2D eigenvalue weighted by Gasteiger charge is 2.19. The van der Waals surface area contributed by atoms with Crippen LogP contribution in [-0.4, -0.2) is 0 Å². The largest absolute Gasteiger partial charge is 0.456 e. The fourth-order valence-electron chi connectivity index (χ4n) is 7.74. The highest BCUT2D eigenvalue weighted by Crippen LogP contribution is 2.46. The molecule has 0 unspecified atom stereocenters. The number of hydrogen-bond acceptors (Lipinski definition) is 1. The van der Waals surface area contributed by atoms with Crippen molar-refractivity contribution in [1.82, 2.24) is 0 Å². The fourth-order valence-corrected chi connectivity index (χ4v) is 7.74. The molecule has 1 aromatic heterocycles. The molecule has 0 aliphatic carbocycles. The molecule has 218 valence electrons. The zero-order valence-corrected chi connectivity index (χ0v) is 25.6. The first-order valence-corrected chi connectivity index (χ1v) is 16.2. The average molecular weight is 597 g/mol. The Bertz CT molecular complexity index is 2780. The van der Waals surface area contributed by atoms with Gasteiger partial charge in [-0.25, -0.2) is 0 Å². The molecule has 0 fully saturated rings. The van der Waals surface area contributed by atoms with Crippen LogP contribution in [0.1, 0.15) is 0 Å². The van der Waals surface area contributed by atoms with Gasteiger partial charge < -0.3 is 4.42 Å². The summed E-state index contributed by atoms with van der Waals surface area (Å²) in [5, 5.41) is 12.3. The lowest BCUT2D eigenvalue weighted by atomic mass is 9.84. The highest BCUT2D eigenvalue weighted by molar-refractivity contribution is 6.24. The predicted octanol–water partition coefficient (Wildman–Crippen LogP) is 13.2. The van der Waals surface area contributed by atoms with Crippen molar-refractivity contribution in [1.29, 1.82) is 0 Å². The Morgan fingerprint density at radius 3 is 1.51 bits per heavy atom. The number of furan rings is 1. The molecule has 0 aliphatic heterocycles. The van der Waals surface area contributed by atoms with E-state index >= 15 is 0 Å². The molecular weight excluding hydrogens is 569 g/mol. The number of benzene rings is 9. The van der Waals surface area contributed by atoms with E-state index in [1.807, 2.05) is 0 Å². The van der Waals surface area contributed by atoms with Crippen LogP contribution in [0.25, 0.3) is 98.4 Å². The summed E-state index contributed by atoms with van der Waals surface area (Å²) in [6.07, 6.45) is 0.